The number of rotatable bonds is 2. The lowest BCUT2D eigenvalue weighted by Crippen LogP contribution is -2.32. The van der Waals surface area contributed by atoms with Crippen molar-refractivity contribution in [2.45, 2.75) is 44.1 Å². The molecule has 27 heavy (non-hydrogen) atoms. The van der Waals surface area contributed by atoms with Crippen LogP contribution < -0.4 is 5.73 Å². The average molecular weight is 358 g/mol. The fourth-order valence-corrected chi connectivity index (χ4v) is 4.20. The summed E-state index contributed by atoms with van der Waals surface area (Å²) in [7, 11) is 0. The Labute approximate surface area is 160 Å². The minimum atomic E-state index is -0.142. The van der Waals surface area contributed by atoms with Gasteiger partial charge in [-0.25, -0.2) is 4.98 Å². The van der Waals surface area contributed by atoms with Crippen molar-refractivity contribution in [1.29, 1.82) is 5.41 Å². The largest absolute Gasteiger partial charge is 0.324 e. The van der Waals surface area contributed by atoms with Gasteiger partial charge in [-0.15, -0.1) is 0 Å². The Hall–Kier alpha value is -2.59. The molecular formula is C23H26N4. The molecular weight excluding hydrogens is 332 g/mol. The molecule has 0 amide bonds. The lowest BCUT2D eigenvalue weighted by atomic mass is 9.77. The second-order valence-electron chi connectivity index (χ2n) is 7.27. The van der Waals surface area contributed by atoms with Crippen molar-refractivity contribution in [3.05, 3.63) is 70.6 Å². The van der Waals surface area contributed by atoms with Crippen molar-refractivity contribution in [2.24, 2.45) is 10.7 Å². The summed E-state index contributed by atoms with van der Waals surface area (Å²) in [6.45, 7) is 0.654. The Morgan fingerprint density at radius 1 is 1.04 bits per heavy atom. The van der Waals surface area contributed by atoms with Gasteiger partial charge in [-0.2, -0.15) is 0 Å². The molecule has 1 aliphatic heterocycles. The van der Waals surface area contributed by atoms with E-state index >= 15 is 0 Å². The molecule has 1 aromatic rings. The van der Waals surface area contributed by atoms with Gasteiger partial charge in [0.05, 0.1) is 23.6 Å². The molecule has 0 spiro atoms. The van der Waals surface area contributed by atoms with Gasteiger partial charge in [-0.1, -0.05) is 36.5 Å². The van der Waals surface area contributed by atoms with Crippen LogP contribution in [0.3, 0.4) is 0 Å². The summed E-state index contributed by atoms with van der Waals surface area (Å²) >= 11 is 0. The van der Waals surface area contributed by atoms with E-state index in [0.717, 1.165) is 36.4 Å². The molecule has 3 aliphatic rings. The molecule has 4 rings (SSSR count). The molecule has 0 bridgehead atoms. The Morgan fingerprint density at radius 2 is 1.85 bits per heavy atom. The first kappa shape index (κ1) is 17.8. The maximum atomic E-state index is 7.91. The van der Waals surface area contributed by atoms with Gasteiger partial charge in [-0.05, 0) is 60.9 Å². The third kappa shape index (κ3) is 3.50. The number of aromatic nitrogens is 1. The van der Waals surface area contributed by atoms with Crippen LogP contribution in [-0.4, -0.2) is 29.5 Å². The zero-order valence-electron chi connectivity index (χ0n) is 15.6. The minimum absolute atomic E-state index is 0.0759. The Balaban J connectivity index is 1.88. The number of allylic oxidation sites excluding steroid dienone is 5. The monoisotopic (exact) mass is 358 g/mol. The van der Waals surface area contributed by atoms with E-state index in [0.29, 0.717) is 6.54 Å². The first-order valence-electron chi connectivity index (χ1n) is 9.82. The molecule has 138 valence electrons. The summed E-state index contributed by atoms with van der Waals surface area (Å²) in [4.78, 5) is 9.86. The lowest BCUT2D eigenvalue weighted by molar-refractivity contribution is 0.654. The SMILES string of the molecule is N=CC1c2c(nc(C3=NC/C=C\C=C/CC=C3)c3c2CCCC3)C=CC1N. The van der Waals surface area contributed by atoms with Crippen LogP contribution in [0.25, 0.3) is 6.08 Å². The standard InChI is InChI=1S/C23H26N4/c24-15-18-19(25)12-13-20-22(18)16-9-6-7-10-17(16)23(27-20)21-11-5-3-1-2-4-8-14-26-21/h1-2,4-5,8,11-13,15,18-19,24H,3,6-7,9-10,14,25H2/b2-1-,8-4-,11-5?,24-15?,26-21?. The van der Waals surface area contributed by atoms with Gasteiger partial charge in [0.2, 0.25) is 0 Å². The summed E-state index contributed by atoms with van der Waals surface area (Å²) in [5.74, 6) is -0.0759. The van der Waals surface area contributed by atoms with Gasteiger partial charge < -0.3 is 11.1 Å². The van der Waals surface area contributed by atoms with Crippen LogP contribution >= 0.6 is 0 Å². The summed E-state index contributed by atoms with van der Waals surface area (Å²) in [5.41, 5.74) is 13.1. The van der Waals surface area contributed by atoms with Crippen molar-refractivity contribution in [1.82, 2.24) is 4.98 Å². The van der Waals surface area contributed by atoms with Crippen LogP contribution in [0, 0.1) is 5.41 Å². The molecule has 2 heterocycles. The van der Waals surface area contributed by atoms with Gasteiger partial charge in [0.1, 0.15) is 0 Å². The number of hydrogen-bond donors (Lipinski definition) is 2. The first-order valence-corrected chi connectivity index (χ1v) is 9.82. The number of fused-ring (bicyclic) bond motifs is 3. The second-order valence-corrected chi connectivity index (χ2v) is 7.27. The van der Waals surface area contributed by atoms with E-state index in [1.165, 1.54) is 35.7 Å². The highest BCUT2D eigenvalue weighted by molar-refractivity contribution is 6.09. The van der Waals surface area contributed by atoms with Gasteiger partial charge in [0.15, 0.2) is 0 Å². The molecule has 0 saturated carbocycles. The van der Waals surface area contributed by atoms with Crippen molar-refractivity contribution in [3.8, 4) is 0 Å². The molecule has 2 unspecified atom stereocenters. The molecule has 3 N–H and O–H groups in total. The molecule has 0 saturated heterocycles. The highest BCUT2D eigenvalue weighted by Gasteiger charge is 2.30. The number of pyridine rings is 1. The van der Waals surface area contributed by atoms with Gasteiger partial charge in [0.25, 0.3) is 0 Å². The van der Waals surface area contributed by atoms with Gasteiger partial charge in [-0.3, -0.25) is 4.99 Å². The van der Waals surface area contributed by atoms with E-state index in [9.17, 15) is 0 Å². The molecule has 0 radical (unpaired) electrons. The van der Waals surface area contributed by atoms with E-state index in [1.54, 1.807) is 0 Å². The van der Waals surface area contributed by atoms with Crippen LogP contribution in [-0.2, 0) is 12.8 Å². The van der Waals surface area contributed by atoms with Crippen molar-refractivity contribution < 1.29 is 0 Å². The molecule has 4 nitrogen and oxygen atoms in total. The molecule has 2 aliphatic carbocycles. The average Bonchev–Trinajstić information content (AvgIpc) is 2.71. The zero-order chi connectivity index (χ0) is 18.6. The fourth-order valence-electron chi connectivity index (χ4n) is 4.20. The summed E-state index contributed by atoms with van der Waals surface area (Å²) in [6.07, 6.45) is 23.4. The Kier molecular flexibility index (Phi) is 5.26. The maximum Gasteiger partial charge on any atom is 0.0923 e. The van der Waals surface area contributed by atoms with Crippen molar-refractivity contribution >= 4 is 18.0 Å². The number of nitrogens with zero attached hydrogens (tertiary/aromatic N) is 2. The third-order valence-corrected chi connectivity index (χ3v) is 5.53. The number of aliphatic imine (C=N–C) groups is 1. The topological polar surface area (TPSA) is 75.1 Å². The maximum absolute atomic E-state index is 7.91. The zero-order valence-corrected chi connectivity index (χ0v) is 15.6. The van der Waals surface area contributed by atoms with Crippen LogP contribution in [0.15, 0.2) is 47.5 Å². The fraction of sp³-hybridized carbons (Fsp3) is 0.348. The number of nitrogens with one attached hydrogen (secondary N) is 1. The molecule has 0 fully saturated rings. The van der Waals surface area contributed by atoms with Gasteiger partial charge in [0, 0.05) is 18.2 Å². The predicted octanol–water partition coefficient (Wildman–Crippen LogP) is 3.91. The highest BCUT2D eigenvalue weighted by atomic mass is 14.8. The van der Waals surface area contributed by atoms with Gasteiger partial charge >= 0.3 is 0 Å². The predicted molar refractivity (Wildman–Crippen MR) is 113 cm³/mol. The van der Waals surface area contributed by atoms with Crippen molar-refractivity contribution in [2.75, 3.05) is 6.54 Å². The van der Waals surface area contributed by atoms with E-state index in [1.807, 2.05) is 12.2 Å². The highest BCUT2D eigenvalue weighted by Crippen LogP contribution is 2.36. The minimum Gasteiger partial charge on any atom is -0.324 e. The molecule has 4 heteroatoms. The Morgan fingerprint density at radius 3 is 2.70 bits per heavy atom. The van der Waals surface area contributed by atoms with E-state index in [2.05, 4.69) is 36.5 Å². The normalized spacial score (nSPS) is 26.5. The summed E-state index contributed by atoms with van der Waals surface area (Å²) in [5, 5.41) is 7.91. The molecule has 1 aromatic heterocycles. The molecule has 2 atom stereocenters. The third-order valence-electron chi connectivity index (χ3n) is 5.53. The van der Waals surface area contributed by atoms with Crippen LogP contribution in [0.2, 0.25) is 0 Å². The van der Waals surface area contributed by atoms with E-state index in [4.69, 9.17) is 21.1 Å². The van der Waals surface area contributed by atoms with Crippen LogP contribution in [0.5, 0.6) is 0 Å². The van der Waals surface area contributed by atoms with Crippen LogP contribution in [0.1, 0.15) is 53.3 Å². The summed E-state index contributed by atoms with van der Waals surface area (Å²) in [6, 6.07) is -0.142. The quantitative estimate of drug-likeness (QED) is 0.787. The van der Waals surface area contributed by atoms with E-state index in [-0.39, 0.29) is 12.0 Å². The van der Waals surface area contributed by atoms with E-state index < -0.39 is 0 Å². The first-order chi connectivity index (χ1) is 13.3. The second kappa shape index (κ2) is 7.97. The van der Waals surface area contributed by atoms with Crippen LogP contribution in [0.4, 0.5) is 0 Å². The smallest absolute Gasteiger partial charge is 0.0923 e. The Bertz CT molecular complexity index is 886. The summed E-state index contributed by atoms with van der Waals surface area (Å²) < 4.78 is 0. The number of nitrogens with two attached hydrogens (primary N) is 1. The molecule has 0 aromatic carbocycles. The lowest BCUT2D eigenvalue weighted by Gasteiger charge is -2.30. The number of hydrogen-bond acceptors (Lipinski definition) is 4. The van der Waals surface area contributed by atoms with Crippen molar-refractivity contribution in [3.63, 3.8) is 0 Å².